The van der Waals surface area contributed by atoms with E-state index in [2.05, 4.69) is 10.5 Å². The van der Waals surface area contributed by atoms with Gasteiger partial charge in [-0.25, -0.2) is 4.79 Å². The molecule has 212 valence electrons. The standard InChI is InChI=1S/C26H38N2O10/c1-13(2)23(33)18(36-17(30)15-8-7-11-27-15)25(34)19(4)12-22(32)20(23,5)26(38-25,28-35-6)24(37-22)16(29)14(3)9-10-21(19,24)31/h7-8,11,13-14,16,18,27-29,31-34H,9-10,12H2,1-6H3/t14-,16+,18+,19-,20-,21-,22?,23+,24+,25-,26+/m0/s1. The average molecular weight is 539 g/mol. The van der Waals surface area contributed by atoms with Crippen LogP contribution >= 0.6 is 0 Å². The smallest absolute Gasteiger partial charge is 0.355 e. The molecule has 12 nitrogen and oxygen atoms in total. The predicted molar refractivity (Wildman–Crippen MR) is 128 cm³/mol. The third kappa shape index (κ3) is 2.19. The Bertz CT molecular complexity index is 1180. The Morgan fingerprint density at radius 1 is 1.21 bits per heavy atom. The quantitative estimate of drug-likeness (QED) is 0.196. The second-order valence-corrected chi connectivity index (χ2v) is 12.7. The van der Waals surface area contributed by atoms with Gasteiger partial charge >= 0.3 is 5.97 Å². The number of hydrogen-bond acceptors (Lipinski definition) is 11. The number of aromatic nitrogens is 1. The Labute approximate surface area is 220 Å². The SMILES string of the molecule is CON[C@@]12O[C@@]3(O)[C@H](OC(=O)c4ccc[nH]4)[C@](O)(C(C)C)[C@]1(C)C1(O)C[C@@]3(C)[C@@]3(O)CC[C@H](C)[C@@H](O)[C@@]32O1. The number of carbonyl (C=O) groups excluding carboxylic acids is 1. The van der Waals surface area contributed by atoms with E-state index >= 15 is 0 Å². The molecule has 4 saturated heterocycles. The van der Waals surface area contributed by atoms with Crippen molar-refractivity contribution in [2.24, 2.45) is 22.7 Å². The summed E-state index contributed by atoms with van der Waals surface area (Å²) in [6.07, 6.45) is -1.65. The fraction of sp³-hybridized carbons (Fsp3) is 0.808. The number of H-pyrrole nitrogens is 1. The molecule has 1 unspecified atom stereocenters. The van der Waals surface area contributed by atoms with Crippen LogP contribution in [0.3, 0.4) is 0 Å². The summed E-state index contributed by atoms with van der Waals surface area (Å²) in [6, 6.07) is 3.08. The van der Waals surface area contributed by atoms with Crippen LogP contribution in [0.2, 0.25) is 0 Å². The molecule has 11 atom stereocenters. The van der Waals surface area contributed by atoms with E-state index < -0.39 is 81.4 Å². The number of hydroxylamine groups is 1. The fourth-order valence-corrected chi connectivity index (χ4v) is 9.15. The lowest BCUT2D eigenvalue weighted by atomic mass is 9.42. The average Bonchev–Trinajstić information content (AvgIpc) is 3.41. The van der Waals surface area contributed by atoms with Crippen LogP contribution in [0.5, 0.6) is 0 Å². The van der Waals surface area contributed by atoms with Gasteiger partial charge in [0, 0.05) is 12.6 Å². The second kappa shape index (κ2) is 7.17. The van der Waals surface area contributed by atoms with Gasteiger partial charge in [0.15, 0.2) is 23.2 Å². The van der Waals surface area contributed by atoms with Gasteiger partial charge in [0.2, 0.25) is 5.79 Å². The van der Waals surface area contributed by atoms with Crippen molar-refractivity contribution in [3.8, 4) is 0 Å². The van der Waals surface area contributed by atoms with Crippen molar-refractivity contribution in [1.82, 2.24) is 10.5 Å². The molecule has 7 N–H and O–H groups in total. The van der Waals surface area contributed by atoms with Gasteiger partial charge in [0.25, 0.3) is 0 Å². The monoisotopic (exact) mass is 538 g/mol. The van der Waals surface area contributed by atoms with E-state index in [1.54, 1.807) is 26.8 Å². The molecule has 0 aromatic carbocycles. The van der Waals surface area contributed by atoms with E-state index in [1.807, 2.05) is 0 Å². The molecular weight excluding hydrogens is 500 g/mol. The molecule has 0 radical (unpaired) electrons. The lowest BCUT2D eigenvalue weighted by Crippen LogP contribution is -2.97. The lowest BCUT2D eigenvalue weighted by Gasteiger charge is -2.76. The number of ether oxygens (including phenoxy) is 3. The fourth-order valence-electron chi connectivity index (χ4n) is 9.15. The highest BCUT2D eigenvalue weighted by atomic mass is 16.8. The van der Waals surface area contributed by atoms with Crippen molar-refractivity contribution in [1.29, 1.82) is 0 Å². The summed E-state index contributed by atoms with van der Waals surface area (Å²) in [4.78, 5) is 21.4. The summed E-state index contributed by atoms with van der Waals surface area (Å²) in [5.74, 6) is -6.93. The molecule has 5 aliphatic rings. The molecule has 5 fully saturated rings. The van der Waals surface area contributed by atoms with Crippen LogP contribution in [0.15, 0.2) is 18.3 Å². The van der Waals surface area contributed by atoms with Crippen LogP contribution < -0.4 is 5.48 Å². The topological polar surface area (TPSA) is 183 Å². The Balaban J connectivity index is 1.71. The van der Waals surface area contributed by atoms with Crippen molar-refractivity contribution in [3.05, 3.63) is 24.0 Å². The first-order valence-electron chi connectivity index (χ1n) is 13.2. The first kappa shape index (κ1) is 26.6. The van der Waals surface area contributed by atoms with Crippen LogP contribution in [0.4, 0.5) is 0 Å². The molecule has 1 aromatic heterocycles. The largest absolute Gasteiger partial charge is 0.449 e. The van der Waals surface area contributed by atoms with E-state index in [4.69, 9.17) is 19.0 Å². The molecule has 5 heterocycles. The molecule has 1 aromatic rings. The van der Waals surface area contributed by atoms with E-state index in [0.29, 0.717) is 6.42 Å². The Morgan fingerprint density at radius 3 is 2.47 bits per heavy atom. The Hall–Kier alpha value is -1.61. The maximum atomic E-state index is 13.3. The van der Waals surface area contributed by atoms with Gasteiger partial charge < -0.3 is 49.6 Å². The van der Waals surface area contributed by atoms with Gasteiger partial charge in [-0.15, -0.1) is 0 Å². The van der Waals surface area contributed by atoms with E-state index in [1.165, 1.54) is 33.2 Å². The highest BCUT2D eigenvalue weighted by Crippen LogP contribution is 2.84. The summed E-state index contributed by atoms with van der Waals surface area (Å²) < 4.78 is 18.9. The number of fused-ring (bicyclic) bond motifs is 4. The third-order valence-electron chi connectivity index (χ3n) is 11.2. The summed E-state index contributed by atoms with van der Waals surface area (Å²) in [5.41, 5.74) is -9.53. The van der Waals surface area contributed by atoms with Crippen molar-refractivity contribution in [3.63, 3.8) is 0 Å². The predicted octanol–water partition coefficient (Wildman–Crippen LogP) is -0.0973. The minimum Gasteiger partial charge on any atom is -0.449 e. The third-order valence-corrected chi connectivity index (χ3v) is 11.2. The zero-order chi connectivity index (χ0) is 27.9. The van der Waals surface area contributed by atoms with Crippen LogP contribution in [0.25, 0.3) is 0 Å². The van der Waals surface area contributed by atoms with Gasteiger partial charge in [0.05, 0.1) is 18.6 Å². The molecule has 1 saturated carbocycles. The first-order valence-corrected chi connectivity index (χ1v) is 13.2. The number of rotatable bonds is 5. The summed E-state index contributed by atoms with van der Waals surface area (Å²) in [6.45, 7) is 8.11. The van der Waals surface area contributed by atoms with Gasteiger partial charge in [-0.1, -0.05) is 27.7 Å². The minimum absolute atomic E-state index is 0.0596. The van der Waals surface area contributed by atoms with Gasteiger partial charge in [-0.3, -0.25) is 0 Å². The lowest BCUT2D eigenvalue weighted by molar-refractivity contribution is -0.534. The van der Waals surface area contributed by atoms with E-state index in [0.717, 1.165) is 0 Å². The number of hydrogen-bond donors (Lipinski definition) is 7. The zero-order valence-corrected chi connectivity index (χ0v) is 22.4. The Morgan fingerprint density at radius 2 is 1.89 bits per heavy atom. The molecular formula is C26H38N2O10. The number of aliphatic hydroxyl groups excluding tert-OH is 1. The zero-order valence-electron chi connectivity index (χ0n) is 22.4. The van der Waals surface area contributed by atoms with Crippen molar-refractivity contribution in [2.45, 2.75) is 100 Å². The molecule has 0 amide bonds. The Kier molecular flexibility index (Phi) is 5.02. The first-order chi connectivity index (χ1) is 17.5. The van der Waals surface area contributed by atoms with Gasteiger partial charge in [-0.05, 0) is 43.7 Å². The molecule has 6 rings (SSSR count). The van der Waals surface area contributed by atoms with Gasteiger partial charge in [-0.2, -0.15) is 5.48 Å². The number of aromatic amines is 1. The highest BCUT2D eigenvalue weighted by Gasteiger charge is 3.04. The van der Waals surface area contributed by atoms with E-state index in [9.17, 15) is 30.3 Å². The molecule has 4 aliphatic heterocycles. The van der Waals surface area contributed by atoms with Crippen LogP contribution in [-0.2, 0) is 19.0 Å². The maximum Gasteiger partial charge on any atom is 0.355 e. The molecule has 1 aliphatic carbocycles. The van der Waals surface area contributed by atoms with Crippen molar-refractivity contribution in [2.75, 3.05) is 7.11 Å². The summed E-state index contributed by atoms with van der Waals surface area (Å²) in [7, 11) is 1.28. The van der Waals surface area contributed by atoms with E-state index in [-0.39, 0.29) is 12.1 Å². The number of esters is 1. The highest BCUT2D eigenvalue weighted by molar-refractivity contribution is 5.87. The van der Waals surface area contributed by atoms with Crippen molar-refractivity contribution < 1.29 is 49.4 Å². The number of carbonyl (C=O) groups is 1. The van der Waals surface area contributed by atoms with Crippen LogP contribution in [0, 0.1) is 22.7 Å². The molecule has 12 heteroatoms. The van der Waals surface area contributed by atoms with Crippen LogP contribution in [-0.4, -0.2) is 89.9 Å². The maximum absolute atomic E-state index is 13.3. The van der Waals surface area contributed by atoms with Crippen LogP contribution in [0.1, 0.15) is 64.4 Å². The molecule has 5 bridgehead atoms. The summed E-state index contributed by atoms with van der Waals surface area (Å²) >= 11 is 0. The minimum atomic E-state index is -2.58. The van der Waals surface area contributed by atoms with Gasteiger partial charge in [0.1, 0.15) is 22.3 Å². The molecule has 38 heavy (non-hydrogen) atoms. The molecule has 1 spiro atoms. The number of aliphatic hydroxyl groups is 5. The number of nitrogens with one attached hydrogen (secondary N) is 2. The van der Waals surface area contributed by atoms with Crippen molar-refractivity contribution >= 4 is 5.97 Å². The normalized spacial score (nSPS) is 56.4. The second-order valence-electron chi connectivity index (χ2n) is 12.7. The summed E-state index contributed by atoms with van der Waals surface area (Å²) in [5, 5.41) is 62.5.